The number of halogens is 2. The maximum absolute atomic E-state index is 12.7. The van der Waals surface area contributed by atoms with Crippen LogP contribution >= 0.6 is 31.9 Å². The maximum Gasteiger partial charge on any atom is 0.271 e. The van der Waals surface area contributed by atoms with E-state index in [1.165, 1.54) is 0 Å². The molecule has 0 spiro atoms. The van der Waals surface area contributed by atoms with E-state index in [1.54, 1.807) is 31.5 Å². The molecule has 0 fully saturated rings. The minimum Gasteiger partial charge on any atom is -0.493 e. The van der Waals surface area contributed by atoms with Crippen LogP contribution in [-0.2, 0) is 6.61 Å². The molecular weight excluding hydrogens is 600 g/mol. The molecular formula is C29H26Br2N2O4. The van der Waals surface area contributed by atoms with Gasteiger partial charge in [0.15, 0.2) is 11.5 Å². The third-order valence-corrected chi connectivity index (χ3v) is 6.59. The van der Waals surface area contributed by atoms with Crippen LogP contribution in [0.25, 0.3) is 10.8 Å². The van der Waals surface area contributed by atoms with Crippen LogP contribution < -0.4 is 19.6 Å². The second-order valence-electron chi connectivity index (χ2n) is 8.15. The summed E-state index contributed by atoms with van der Waals surface area (Å²) < 4.78 is 18.9. The van der Waals surface area contributed by atoms with Crippen molar-refractivity contribution >= 4 is 54.8 Å². The van der Waals surface area contributed by atoms with E-state index in [-0.39, 0.29) is 5.91 Å². The number of hydrogen-bond acceptors (Lipinski definition) is 5. The molecule has 4 aromatic rings. The molecule has 0 atom stereocenters. The fourth-order valence-electron chi connectivity index (χ4n) is 3.76. The molecule has 0 aliphatic carbocycles. The summed E-state index contributed by atoms with van der Waals surface area (Å²) in [4.78, 5) is 12.7. The SMILES string of the molecule is CCCOc1ccc(C(=O)N/N=C/c2cc(Br)cc(Br)c2OCc2cccc3ccccc23)cc1OC. The molecule has 0 saturated heterocycles. The normalized spacial score (nSPS) is 11.0. The molecule has 0 aliphatic rings. The number of nitrogens with one attached hydrogen (secondary N) is 1. The van der Waals surface area contributed by atoms with Gasteiger partial charge in [0.2, 0.25) is 0 Å². The van der Waals surface area contributed by atoms with E-state index in [0.29, 0.717) is 41.6 Å². The molecule has 0 bridgehead atoms. The smallest absolute Gasteiger partial charge is 0.271 e. The molecule has 0 saturated carbocycles. The summed E-state index contributed by atoms with van der Waals surface area (Å²) in [5.41, 5.74) is 4.75. The molecule has 0 radical (unpaired) electrons. The van der Waals surface area contributed by atoms with Gasteiger partial charge in [-0.15, -0.1) is 0 Å². The second kappa shape index (κ2) is 12.7. The molecule has 0 heterocycles. The average Bonchev–Trinajstić information content (AvgIpc) is 2.91. The molecule has 0 aromatic heterocycles. The standard InChI is InChI=1S/C29H26Br2N2O4/c1-3-13-36-26-12-11-20(15-27(26)35-2)29(34)33-32-17-22-14-23(30)16-25(31)28(22)37-18-21-9-6-8-19-7-4-5-10-24(19)21/h4-12,14-17H,3,13,18H2,1-2H3,(H,33,34)/b32-17+. The summed E-state index contributed by atoms with van der Waals surface area (Å²) in [5.74, 6) is 1.33. The third-order valence-electron chi connectivity index (χ3n) is 5.55. The minimum atomic E-state index is -0.371. The molecule has 0 aliphatic heterocycles. The molecule has 190 valence electrons. The van der Waals surface area contributed by atoms with Gasteiger partial charge in [0.25, 0.3) is 5.91 Å². The lowest BCUT2D eigenvalue weighted by Crippen LogP contribution is -2.17. The Morgan fingerprint density at radius 2 is 1.78 bits per heavy atom. The topological polar surface area (TPSA) is 69.2 Å². The average molecular weight is 626 g/mol. The van der Waals surface area contributed by atoms with E-state index in [1.807, 2.05) is 37.3 Å². The van der Waals surface area contributed by atoms with Gasteiger partial charge < -0.3 is 14.2 Å². The van der Waals surface area contributed by atoms with Gasteiger partial charge in [-0.3, -0.25) is 4.79 Å². The van der Waals surface area contributed by atoms with Crippen molar-refractivity contribution in [1.29, 1.82) is 0 Å². The lowest BCUT2D eigenvalue weighted by molar-refractivity contribution is 0.0954. The Kier molecular flexibility index (Phi) is 9.19. The molecule has 4 aromatic carbocycles. The third kappa shape index (κ3) is 6.70. The second-order valence-corrected chi connectivity index (χ2v) is 9.92. The summed E-state index contributed by atoms with van der Waals surface area (Å²) in [6, 6.07) is 23.2. The Morgan fingerprint density at radius 3 is 2.59 bits per heavy atom. The highest BCUT2D eigenvalue weighted by Crippen LogP contribution is 2.33. The van der Waals surface area contributed by atoms with Crippen LogP contribution in [0.5, 0.6) is 17.2 Å². The maximum atomic E-state index is 12.7. The summed E-state index contributed by atoms with van der Waals surface area (Å²) in [5, 5.41) is 6.47. The highest BCUT2D eigenvalue weighted by molar-refractivity contribution is 9.11. The minimum absolute atomic E-state index is 0.371. The summed E-state index contributed by atoms with van der Waals surface area (Å²) in [6.07, 6.45) is 2.43. The van der Waals surface area contributed by atoms with Crippen molar-refractivity contribution in [2.45, 2.75) is 20.0 Å². The van der Waals surface area contributed by atoms with Crippen molar-refractivity contribution in [3.63, 3.8) is 0 Å². The zero-order valence-corrected chi connectivity index (χ0v) is 23.6. The van der Waals surface area contributed by atoms with Crippen LogP contribution in [-0.4, -0.2) is 25.8 Å². The Bertz CT molecular complexity index is 1430. The summed E-state index contributed by atoms with van der Waals surface area (Å²) in [6.45, 7) is 2.97. The Hall–Kier alpha value is -3.36. The van der Waals surface area contributed by atoms with Gasteiger partial charge in [0.05, 0.1) is 24.4 Å². The molecule has 6 nitrogen and oxygen atoms in total. The largest absolute Gasteiger partial charge is 0.493 e. The number of carbonyl (C=O) groups is 1. The summed E-state index contributed by atoms with van der Waals surface area (Å²) in [7, 11) is 1.54. The highest BCUT2D eigenvalue weighted by Gasteiger charge is 2.13. The number of rotatable bonds is 10. The van der Waals surface area contributed by atoms with Crippen molar-refractivity contribution in [3.8, 4) is 17.2 Å². The van der Waals surface area contributed by atoms with E-state index in [9.17, 15) is 4.79 Å². The number of nitrogens with zero attached hydrogens (tertiary/aromatic N) is 1. The first-order valence-corrected chi connectivity index (χ1v) is 13.3. The van der Waals surface area contributed by atoms with Gasteiger partial charge >= 0.3 is 0 Å². The van der Waals surface area contributed by atoms with Crippen LogP contribution in [0, 0.1) is 0 Å². The van der Waals surface area contributed by atoms with Crippen LogP contribution in [0.4, 0.5) is 0 Å². The number of fused-ring (bicyclic) bond motifs is 1. The van der Waals surface area contributed by atoms with Gasteiger partial charge in [0.1, 0.15) is 12.4 Å². The zero-order chi connectivity index (χ0) is 26.2. The van der Waals surface area contributed by atoms with E-state index >= 15 is 0 Å². The highest BCUT2D eigenvalue weighted by atomic mass is 79.9. The first-order valence-electron chi connectivity index (χ1n) is 11.7. The van der Waals surface area contributed by atoms with Gasteiger partial charge in [0, 0.05) is 15.6 Å². The van der Waals surface area contributed by atoms with Crippen molar-refractivity contribution < 1.29 is 19.0 Å². The number of benzene rings is 4. The number of ether oxygens (including phenoxy) is 3. The van der Waals surface area contributed by atoms with Gasteiger partial charge in [-0.2, -0.15) is 5.10 Å². The molecule has 8 heteroatoms. The van der Waals surface area contributed by atoms with Gasteiger partial charge in [-0.1, -0.05) is 65.3 Å². The first-order chi connectivity index (χ1) is 18.0. The number of hydrazone groups is 1. The number of hydrogen-bond donors (Lipinski definition) is 1. The molecule has 4 rings (SSSR count). The fraction of sp³-hybridized carbons (Fsp3) is 0.172. The van der Waals surface area contributed by atoms with Crippen LogP contribution in [0.2, 0.25) is 0 Å². The number of carbonyl (C=O) groups excluding carboxylic acids is 1. The first kappa shape index (κ1) is 26.7. The number of amides is 1. The molecule has 37 heavy (non-hydrogen) atoms. The molecule has 1 N–H and O–H groups in total. The van der Waals surface area contributed by atoms with Crippen LogP contribution in [0.15, 0.2) is 86.8 Å². The Morgan fingerprint density at radius 1 is 0.973 bits per heavy atom. The summed E-state index contributed by atoms with van der Waals surface area (Å²) >= 11 is 7.10. The van der Waals surface area contributed by atoms with E-state index in [4.69, 9.17) is 14.2 Å². The Balaban J connectivity index is 1.50. The van der Waals surface area contributed by atoms with Gasteiger partial charge in [-0.05, 0) is 69.0 Å². The monoisotopic (exact) mass is 624 g/mol. The lowest BCUT2D eigenvalue weighted by atomic mass is 10.1. The predicted octanol–water partition coefficient (Wildman–Crippen LogP) is 7.51. The Labute approximate surface area is 232 Å². The number of methoxy groups -OCH3 is 1. The van der Waals surface area contributed by atoms with Crippen LogP contribution in [0.1, 0.15) is 34.8 Å². The van der Waals surface area contributed by atoms with Crippen molar-refractivity contribution in [2.24, 2.45) is 5.10 Å². The molecule has 0 unspecified atom stereocenters. The van der Waals surface area contributed by atoms with E-state index < -0.39 is 0 Å². The fourth-order valence-corrected chi connectivity index (χ4v) is 5.13. The van der Waals surface area contributed by atoms with Crippen molar-refractivity contribution in [1.82, 2.24) is 5.43 Å². The zero-order valence-electron chi connectivity index (χ0n) is 20.5. The van der Waals surface area contributed by atoms with Crippen LogP contribution in [0.3, 0.4) is 0 Å². The van der Waals surface area contributed by atoms with Crippen molar-refractivity contribution in [3.05, 3.63) is 98.4 Å². The predicted molar refractivity (Wildman–Crippen MR) is 154 cm³/mol. The lowest BCUT2D eigenvalue weighted by Gasteiger charge is -2.13. The van der Waals surface area contributed by atoms with E-state index in [2.05, 4.69) is 66.7 Å². The van der Waals surface area contributed by atoms with Crippen molar-refractivity contribution in [2.75, 3.05) is 13.7 Å². The van der Waals surface area contributed by atoms with E-state index in [0.717, 1.165) is 31.7 Å². The van der Waals surface area contributed by atoms with Gasteiger partial charge in [-0.25, -0.2) is 5.43 Å². The quantitative estimate of drug-likeness (QED) is 0.146. The molecule has 1 amide bonds.